The standard InChI is InChI=1S/C17H21N3O5S/c1-5-20-11(8-9-18-20)14(21)19-15-12(16(22)24-6-2)10(4)13(26-15)17(23)25-7-3/h8-9H,5-7H2,1-4H3,(H,19,21). The highest BCUT2D eigenvalue weighted by molar-refractivity contribution is 7.18. The van der Waals surface area contributed by atoms with Crippen molar-refractivity contribution in [2.24, 2.45) is 0 Å². The first-order valence-electron chi connectivity index (χ1n) is 8.25. The number of thiophene rings is 1. The summed E-state index contributed by atoms with van der Waals surface area (Å²) in [4.78, 5) is 37.3. The minimum atomic E-state index is -0.601. The van der Waals surface area contributed by atoms with Crippen molar-refractivity contribution in [1.29, 1.82) is 0 Å². The molecule has 2 aromatic heterocycles. The molecule has 140 valence electrons. The Morgan fingerprint density at radius 3 is 2.42 bits per heavy atom. The van der Waals surface area contributed by atoms with Crippen LogP contribution >= 0.6 is 11.3 Å². The Labute approximate surface area is 155 Å². The van der Waals surface area contributed by atoms with E-state index in [1.54, 1.807) is 26.8 Å². The van der Waals surface area contributed by atoms with E-state index in [1.165, 1.54) is 10.9 Å². The normalized spacial score (nSPS) is 10.5. The number of carbonyl (C=O) groups excluding carboxylic acids is 3. The van der Waals surface area contributed by atoms with E-state index in [-0.39, 0.29) is 28.7 Å². The molecule has 0 aliphatic carbocycles. The summed E-state index contributed by atoms with van der Waals surface area (Å²) >= 11 is 0.990. The molecule has 0 aliphatic rings. The van der Waals surface area contributed by atoms with Gasteiger partial charge in [0.1, 0.15) is 15.6 Å². The Kier molecular flexibility index (Phi) is 6.51. The number of nitrogens with zero attached hydrogens (tertiary/aromatic N) is 2. The van der Waals surface area contributed by atoms with Crippen LogP contribution in [-0.4, -0.2) is 40.8 Å². The number of anilines is 1. The highest BCUT2D eigenvalue weighted by atomic mass is 32.1. The van der Waals surface area contributed by atoms with Crippen LogP contribution in [0.1, 0.15) is 56.9 Å². The topological polar surface area (TPSA) is 99.5 Å². The molecule has 8 nitrogen and oxygen atoms in total. The molecule has 2 heterocycles. The first-order valence-corrected chi connectivity index (χ1v) is 9.06. The summed E-state index contributed by atoms with van der Waals surface area (Å²) in [5.41, 5.74) is 0.938. The molecule has 0 aromatic carbocycles. The third-order valence-electron chi connectivity index (χ3n) is 3.56. The Bertz CT molecular complexity index is 824. The summed E-state index contributed by atoms with van der Waals surface area (Å²) in [5, 5.41) is 7.00. The van der Waals surface area contributed by atoms with E-state index in [0.29, 0.717) is 17.8 Å². The second-order valence-corrected chi connectivity index (χ2v) is 6.21. The van der Waals surface area contributed by atoms with Crippen molar-refractivity contribution in [2.75, 3.05) is 18.5 Å². The predicted octanol–water partition coefficient (Wildman–Crippen LogP) is 2.88. The van der Waals surface area contributed by atoms with Crippen molar-refractivity contribution in [3.8, 4) is 0 Å². The van der Waals surface area contributed by atoms with Crippen molar-refractivity contribution in [3.63, 3.8) is 0 Å². The van der Waals surface area contributed by atoms with Gasteiger partial charge in [0.25, 0.3) is 5.91 Å². The van der Waals surface area contributed by atoms with Gasteiger partial charge in [-0.05, 0) is 39.3 Å². The van der Waals surface area contributed by atoms with Gasteiger partial charge in [-0.15, -0.1) is 11.3 Å². The summed E-state index contributed by atoms with van der Waals surface area (Å²) in [6.45, 7) is 7.79. The molecular formula is C17H21N3O5S. The zero-order valence-electron chi connectivity index (χ0n) is 15.1. The molecule has 0 saturated carbocycles. The average molecular weight is 379 g/mol. The monoisotopic (exact) mass is 379 g/mol. The largest absolute Gasteiger partial charge is 0.462 e. The third kappa shape index (κ3) is 3.93. The number of carbonyl (C=O) groups is 3. The zero-order chi connectivity index (χ0) is 19.3. The van der Waals surface area contributed by atoms with E-state index in [2.05, 4.69) is 10.4 Å². The number of aryl methyl sites for hydroxylation is 1. The van der Waals surface area contributed by atoms with Crippen LogP contribution in [0.25, 0.3) is 0 Å². The smallest absolute Gasteiger partial charge is 0.348 e. The van der Waals surface area contributed by atoms with Gasteiger partial charge in [0.05, 0.1) is 18.8 Å². The van der Waals surface area contributed by atoms with Crippen molar-refractivity contribution in [1.82, 2.24) is 9.78 Å². The average Bonchev–Trinajstić information content (AvgIpc) is 3.19. The molecule has 0 spiro atoms. The van der Waals surface area contributed by atoms with Crippen molar-refractivity contribution in [3.05, 3.63) is 34.0 Å². The molecule has 0 bridgehead atoms. The van der Waals surface area contributed by atoms with E-state index in [4.69, 9.17) is 9.47 Å². The molecule has 0 radical (unpaired) electrons. The summed E-state index contributed by atoms with van der Waals surface area (Å²) in [6, 6.07) is 1.58. The number of amides is 1. The zero-order valence-corrected chi connectivity index (χ0v) is 15.9. The molecule has 0 unspecified atom stereocenters. The Balaban J connectivity index is 2.42. The van der Waals surface area contributed by atoms with Crippen LogP contribution in [0.3, 0.4) is 0 Å². The van der Waals surface area contributed by atoms with E-state index in [0.717, 1.165) is 11.3 Å². The molecule has 2 aromatic rings. The quantitative estimate of drug-likeness (QED) is 0.743. The summed E-state index contributed by atoms with van der Waals surface area (Å²) in [5.74, 6) is -1.57. The number of hydrogen-bond donors (Lipinski definition) is 1. The second-order valence-electron chi connectivity index (χ2n) is 5.19. The maximum absolute atomic E-state index is 12.6. The first-order chi connectivity index (χ1) is 12.4. The van der Waals surface area contributed by atoms with Crippen LogP contribution in [0.5, 0.6) is 0 Å². The van der Waals surface area contributed by atoms with Gasteiger partial charge in [-0.1, -0.05) is 0 Å². The minimum Gasteiger partial charge on any atom is -0.462 e. The lowest BCUT2D eigenvalue weighted by molar-refractivity contribution is 0.0527. The fourth-order valence-corrected chi connectivity index (χ4v) is 3.47. The number of hydrogen-bond acceptors (Lipinski definition) is 7. The maximum atomic E-state index is 12.6. The highest BCUT2D eigenvalue weighted by Crippen LogP contribution is 2.34. The highest BCUT2D eigenvalue weighted by Gasteiger charge is 2.28. The van der Waals surface area contributed by atoms with Crippen LogP contribution in [0.4, 0.5) is 5.00 Å². The molecule has 0 atom stereocenters. The van der Waals surface area contributed by atoms with E-state index in [9.17, 15) is 14.4 Å². The van der Waals surface area contributed by atoms with Crippen LogP contribution in [0, 0.1) is 6.92 Å². The lowest BCUT2D eigenvalue weighted by Gasteiger charge is -2.08. The molecule has 0 fully saturated rings. The van der Waals surface area contributed by atoms with Crippen molar-refractivity contribution in [2.45, 2.75) is 34.2 Å². The number of aromatic nitrogens is 2. The molecule has 2 rings (SSSR count). The van der Waals surface area contributed by atoms with Crippen LogP contribution in [-0.2, 0) is 16.0 Å². The van der Waals surface area contributed by atoms with Gasteiger partial charge in [-0.25, -0.2) is 9.59 Å². The van der Waals surface area contributed by atoms with Crippen LogP contribution < -0.4 is 5.32 Å². The molecule has 1 amide bonds. The fraction of sp³-hybridized carbons (Fsp3) is 0.412. The Morgan fingerprint density at radius 1 is 1.15 bits per heavy atom. The van der Waals surface area contributed by atoms with Gasteiger partial charge >= 0.3 is 11.9 Å². The van der Waals surface area contributed by atoms with E-state index in [1.807, 2.05) is 6.92 Å². The van der Waals surface area contributed by atoms with Crippen molar-refractivity contribution >= 4 is 34.2 Å². The summed E-state index contributed by atoms with van der Waals surface area (Å²) in [6.07, 6.45) is 1.52. The van der Waals surface area contributed by atoms with Gasteiger partial charge in [-0.2, -0.15) is 5.10 Å². The number of esters is 2. The Hall–Kier alpha value is -2.68. The second kappa shape index (κ2) is 8.61. The lowest BCUT2D eigenvalue weighted by Crippen LogP contribution is -2.18. The lowest BCUT2D eigenvalue weighted by atomic mass is 10.1. The number of nitrogens with one attached hydrogen (secondary N) is 1. The van der Waals surface area contributed by atoms with Gasteiger partial charge in [0.15, 0.2) is 0 Å². The summed E-state index contributed by atoms with van der Waals surface area (Å²) in [7, 11) is 0. The third-order valence-corrected chi connectivity index (χ3v) is 4.75. The van der Waals surface area contributed by atoms with E-state index >= 15 is 0 Å². The molecule has 0 saturated heterocycles. The number of ether oxygens (including phenoxy) is 2. The van der Waals surface area contributed by atoms with Crippen LogP contribution in [0.15, 0.2) is 12.3 Å². The SMILES string of the molecule is CCOC(=O)c1sc(NC(=O)c2ccnn2CC)c(C(=O)OCC)c1C. The van der Waals surface area contributed by atoms with Gasteiger partial charge in [0.2, 0.25) is 0 Å². The molecule has 9 heteroatoms. The van der Waals surface area contributed by atoms with Gasteiger partial charge in [-0.3, -0.25) is 9.48 Å². The fourth-order valence-electron chi connectivity index (χ4n) is 2.39. The first kappa shape index (κ1) is 19.6. The Morgan fingerprint density at radius 2 is 1.81 bits per heavy atom. The number of rotatable bonds is 7. The van der Waals surface area contributed by atoms with Crippen molar-refractivity contribution < 1.29 is 23.9 Å². The molecular weight excluding hydrogens is 358 g/mol. The van der Waals surface area contributed by atoms with Crippen LogP contribution in [0.2, 0.25) is 0 Å². The molecule has 1 N–H and O–H groups in total. The maximum Gasteiger partial charge on any atom is 0.348 e. The summed E-state index contributed by atoms with van der Waals surface area (Å²) < 4.78 is 11.6. The van der Waals surface area contributed by atoms with Gasteiger partial charge < -0.3 is 14.8 Å². The van der Waals surface area contributed by atoms with E-state index < -0.39 is 17.8 Å². The minimum absolute atomic E-state index is 0.163. The predicted molar refractivity (Wildman–Crippen MR) is 96.8 cm³/mol. The molecule has 26 heavy (non-hydrogen) atoms. The van der Waals surface area contributed by atoms with Gasteiger partial charge in [0, 0.05) is 12.7 Å². The molecule has 0 aliphatic heterocycles.